The lowest BCUT2D eigenvalue weighted by atomic mass is 9.67. The van der Waals surface area contributed by atoms with E-state index in [9.17, 15) is 0 Å². The van der Waals surface area contributed by atoms with Gasteiger partial charge in [-0.1, -0.05) is 31.5 Å². The Bertz CT molecular complexity index is 423. The minimum atomic E-state index is 0.332. The SMILES string of the molecule is CCC1CCC(CN)(CC2Cc3ccccc3O2)CC1. The summed E-state index contributed by atoms with van der Waals surface area (Å²) in [5.74, 6) is 2.02. The first-order chi connectivity index (χ1) is 9.74. The van der Waals surface area contributed by atoms with Crippen LogP contribution < -0.4 is 10.5 Å². The highest BCUT2D eigenvalue weighted by molar-refractivity contribution is 5.37. The van der Waals surface area contributed by atoms with Gasteiger partial charge in [0.05, 0.1) is 0 Å². The third-order valence-corrected chi connectivity index (χ3v) is 5.55. The standard InChI is InChI=1S/C18H27NO/c1-2-14-7-9-18(13-19,10-8-14)12-16-11-15-5-3-4-6-17(15)20-16/h3-6,14,16H,2,7-13,19H2,1H3. The summed E-state index contributed by atoms with van der Waals surface area (Å²) in [5.41, 5.74) is 7.85. The van der Waals surface area contributed by atoms with E-state index >= 15 is 0 Å². The minimum Gasteiger partial charge on any atom is -0.490 e. The normalized spacial score (nSPS) is 32.7. The van der Waals surface area contributed by atoms with Crippen molar-refractivity contribution in [1.29, 1.82) is 0 Å². The zero-order valence-corrected chi connectivity index (χ0v) is 12.6. The van der Waals surface area contributed by atoms with Crippen molar-refractivity contribution in [2.75, 3.05) is 6.54 Å². The number of para-hydroxylation sites is 1. The largest absolute Gasteiger partial charge is 0.490 e. The fourth-order valence-corrected chi connectivity index (χ4v) is 4.04. The van der Waals surface area contributed by atoms with Crippen molar-refractivity contribution >= 4 is 0 Å². The predicted octanol–water partition coefficient (Wildman–Crippen LogP) is 3.93. The van der Waals surface area contributed by atoms with Gasteiger partial charge in [-0.2, -0.15) is 0 Å². The summed E-state index contributed by atoms with van der Waals surface area (Å²) < 4.78 is 6.13. The smallest absolute Gasteiger partial charge is 0.123 e. The molecule has 2 N–H and O–H groups in total. The van der Waals surface area contributed by atoms with Crippen molar-refractivity contribution in [2.24, 2.45) is 17.1 Å². The fourth-order valence-electron chi connectivity index (χ4n) is 4.04. The van der Waals surface area contributed by atoms with Crippen molar-refractivity contribution in [3.8, 4) is 5.75 Å². The van der Waals surface area contributed by atoms with E-state index in [4.69, 9.17) is 10.5 Å². The monoisotopic (exact) mass is 273 g/mol. The molecular formula is C18H27NO. The lowest BCUT2D eigenvalue weighted by Crippen LogP contribution is -2.38. The maximum Gasteiger partial charge on any atom is 0.123 e. The third-order valence-electron chi connectivity index (χ3n) is 5.55. The molecule has 3 rings (SSSR count). The molecule has 20 heavy (non-hydrogen) atoms. The van der Waals surface area contributed by atoms with Crippen LogP contribution in [0.25, 0.3) is 0 Å². The van der Waals surface area contributed by atoms with E-state index in [1.54, 1.807) is 0 Å². The summed E-state index contributed by atoms with van der Waals surface area (Å²) in [4.78, 5) is 0. The van der Waals surface area contributed by atoms with Gasteiger partial charge in [-0.05, 0) is 61.6 Å². The minimum absolute atomic E-state index is 0.332. The lowest BCUT2D eigenvalue weighted by molar-refractivity contribution is 0.0843. The summed E-state index contributed by atoms with van der Waals surface area (Å²) in [6.45, 7) is 3.14. The molecule has 0 radical (unpaired) electrons. The molecule has 0 saturated heterocycles. The Morgan fingerprint density at radius 1 is 1.25 bits per heavy atom. The first-order valence-corrected chi connectivity index (χ1v) is 8.19. The number of benzene rings is 1. The molecule has 0 amide bonds. The molecule has 1 aromatic rings. The van der Waals surface area contributed by atoms with Gasteiger partial charge in [-0.15, -0.1) is 0 Å². The summed E-state index contributed by atoms with van der Waals surface area (Å²) in [7, 11) is 0. The topological polar surface area (TPSA) is 35.2 Å². The number of hydrogen-bond acceptors (Lipinski definition) is 2. The van der Waals surface area contributed by atoms with Crippen LogP contribution in [-0.4, -0.2) is 12.6 Å². The van der Waals surface area contributed by atoms with Crippen LogP contribution in [0.15, 0.2) is 24.3 Å². The molecule has 1 fully saturated rings. The molecule has 1 aromatic carbocycles. The maximum absolute atomic E-state index is 6.15. The Hall–Kier alpha value is -1.02. The summed E-state index contributed by atoms with van der Waals surface area (Å²) in [6, 6.07) is 8.46. The van der Waals surface area contributed by atoms with Crippen molar-refractivity contribution in [1.82, 2.24) is 0 Å². The molecule has 2 nitrogen and oxygen atoms in total. The maximum atomic E-state index is 6.15. The first-order valence-electron chi connectivity index (χ1n) is 8.19. The van der Waals surface area contributed by atoms with Gasteiger partial charge in [0.1, 0.15) is 11.9 Å². The molecular weight excluding hydrogens is 246 g/mol. The summed E-state index contributed by atoms with van der Waals surface area (Å²) in [5, 5.41) is 0. The lowest BCUT2D eigenvalue weighted by Gasteiger charge is -2.40. The van der Waals surface area contributed by atoms with Crippen LogP contribution in [0.5, 0.6) is 5.75 Å². The predicted molar refractivity (Wildman–Crippen MR) is 82.9 cm³/mol. The molecule has 2 aliphatic rings. The van der Waals surface area contributed by atoms with Gasteiger partial charge in [-0.25, -0.2) is 0 Å². The second kappa shape index (κ2) is 5.77. The number of rotatable bonds is 4. The van der Waals surface area contributed by atoms with Gasteiger partial charge >= 0.3 is 0 Å². The Morgan fingerprint density at radius 3 is 2.65 bits per heavy atom. The van der Waals surface area contributed by atoms with Crippen LogP contribution in [0.2, 0.25) is 0 Å². The highest BCUT2D eigenvalue weighted by Gasteiger charge is 2.38. The number of hydrogen-bond donors (Lipinski definition) is 1. The zero-order chi connectivity index (χ0) is 14.0. The van der Waals surface area contributed by atoms with E-state index in [1.165, 1.54) is 37.7 Å². The Morgan fingerprint density at radius 2 is 2.00 bits per heavy atom. The van der Waals surface area contributed by atoms with Crippen LogP contribution in [0, 0.1) is 11.3 Å². The molecule has 2 heteroatoms. The quantitative estimate of drug-likeness (QED) is 0.902. The van der Waals surface area contributed by atoms with Crippen LogP contribution in [0.1, 0.15) is 51.0 Å². The first kappa shape index (κ1) is 13.9. The van der Waals surface area contributed by atoms with Crippen molar-refractivity contribution in [2.45, 2.75) is 58.0 Å². The molecule has 0 spiro atoms. The van der Waals surface area contributed by atoms with Crippen molar-refractivity contribution in [3.63, 3.8) is 0 Å². The third kappa shape index (κ3) is 2.71. The molecule has 0 aromatic heterocycles. The highest BCUT2D eigenvalue weighted by atomic mass is 16.5. The van der Waals surface area contributed by atoms with E-state index < -0.39 is 0 Å². The van der Waals surface area contributed by atoms with Gasteiger partial charge < -0.3 is 10.5 Å². The van der Waals surface area contributed by atoms with E-state index in [0.29, 0.717) is 11.5 Å². The molecule has 1 atom stereocenters. The Balaban J connectivity index is 1.63. The van der Waals surface area contributed by atoms with Crippen molar-refractivity contribution < 1.29 is 4.74 Å². The van der Waals surface area contributed by atoms with Gasteiger partial charge in [0.2, 0.25) is 0 Å². The number of nitrogens with two attached hydrogens (primary N) is 1. The molecule has 1 unspecified atom stereocenters. The van der Waals surface area contributed by atoms with Gasteiger partial charge in [-0.3, -0.25) is 0 Å². The van der Waals surface area contributed by atoms with Crippen LogP contribution >= 0.6 is 0 Å². The molecule has 1 saturated carbocycles. The molecule has 1 aliphatic heterocycles. The van der Waals surface area contributed by atoms with Gasteiger partial charge in [0, 0.05) is 6.42 Å². The second-order valence-corrected chi connectivity index (χ2v) is 6.81. The van der Waals surface area contributed by atoms with Crippen molar-refractivity contribution in [3.05, 3.63) is 29.8 Å². The summed E-state index contributed by atoms with van der Waals surface area (Å²) in [6.07, 6.45) is 9.15. The van der Waals surface area contributed by atoms with Crippen LogP contribution in [0.3, 0.4) is 0 Å². The molecule has 1 aliphatic carbocycles. The summed E-state index contributed by atoms with van der Waals surface area (Å²) >= 11 is 0. The Kier molecular flexibility index (Phi) is 4.02. The van der Waals surface area contributed by atoms with E-state index in [0.717, 1.165) is 31.1 Å². The van der Waals surface area contributed by atoms with E-state index in [2.05, 4.69) is 31.2 Å². The molecule has 0 bridgehead atoms. The fraction of sp³-hybridized carbons (Fsp3) is 0.667. The molecule has 110 valence electrons. The Labute approximate surface area is 122 Å². The highest BCUT2D eigenvalue weighted by Crippen LogP contribution is 2.44. The average Bonchev–Trinajstić information content (AvgIpc) is 2.90. The van der Waals surface area contributed by atoms with E-state index in [1.807, 2.05) is 0 Å². The van der Waals surface area contributed by atoms with Gasteiger partial charge in [0.15, 0.2) is 0 Å². The zero-order valence-electron chi connectivity index (χ0n) is 12.6. The molecule has 1 heterocycles. The van der Waals surface area contributed by atoms with Crippen LogP contribution in [-0.2, 0) is 6.42 Å². The van der Waals surface area contributed by atoms with Crippen LogP contribution in [0.4, 0.5) is 0 Å². The second-order valence-electron chi connectivity index (χ2n) is 6.81. The van der Waals surface area contributed by atoms with E-state index in [-0.39, 0.29) is 0 Å². The number of ether oxygens (including phenoxy) is 1. The van der Waals surface area contributed by atoms with Gasteiger partial charge in [0.25, 0.3) is 0 Å². The average molecular weight is 273 g/mol. The number of fused-ring (bicyclic) bond motifs is 1.